The molecule has 9 nitrogen and oxygen atoms in total. The number of hydroxylamine groups is 2. The molecule has 13 heteroatoms. The van der Waals surface area contributed by atoms with Gasteiger partial charge in [0, 0.05) is 7.11 Å². The predicted octanol–water partition coefficient (Wildman–Crippen LogP) is 4.16. The quantitative estimate of drug-likeness (QED) is 0.181. The highest BCUT2D eigenvalue weighted by molar-refractivity contribution is 7.91. The van der Waals surface area contributed by atoms with Gasteiger partial charge in [-0.1, -0.05) is 0 Å². The van der Waals surface area contributed by atoms with Crippen LogP contribution in [0.25, 0.3) is 0 Å². The zero-order chi connectivity index (χ0) is 26.3. The van der Waals surface area contributed by atoms with E-state index in [9.17, 15) is 31.6 Å². The van der Waals surface area contributed by atoms with Crippen molar-refractivity contribution in [2.45, 2.75) is 43.4 Å². The van der Waals surface area contributed by atoms with Crippen LogP contribution < -0.4 is 9.47 Å². The Hall–Kier alpha value is -2.87. The first-order valence-corrected chi connectivity index (χ1v) is 11.9. The summed E-state index contributed by atoms with van der Waals surface area (Å²) in [6.07, 6.45) is -4.67. The van der Waals surface area contributed by atoms with Crippen LogP contribution in [0.4, 0.5) is 13.2 Å². The van der Waals surface area contributed by atoms with Crippen molar-refractivity contribution in [2.75, 3.05) is 19.5 Å². The molecule has 0 bridgehead atoms. The van der Waals surface area contributed by atoms with Crippen LogP contribution in [0.3, 0.4) is 0 Å². The van der Waals surface area contributed by atoms with Gasteiger partial charge in [0.25, 0.3) is 0 Å². The Balaban J connectivity index is 2.05. The maximum atomic E-state index is 12.8. The number of nitrogens with zero attached hydrogens (tertiary/aromatic N) is 1. The van der Waals surface area contributed by atoms with E-state index in [-0.39, 0.29) is 40.9 Å². The van der Waals surface area contributed by atoms with Crippen LogP contribution in [0, 0.1) is 0 Å². The van der Waals surface area contributed by atoms with Gasteiger partial charge >= 0.3 is 6.36 Å². The number of sulfone groups is 1. The van der Waals surface area contributed by atoms with E-state index >= 15 is 0 Å². The summed E-state index contributed by atoms with van der Waals surface area (Å²) in [6.45, 7) is 3.33. The first kappa shape index (κ1) is 28.4. The molecular weight excluding hydrogens is 495 g/mol. The predicted molar refractivity (Wildman–Crippen MR) is 117 cm³/mol. The molecule has 194 valence electrons. The molecule has 35 heavy (non-hydrogen) atoms. The lowest BCUT2D eigenvalue weighted by atomic mass is 10.2. The fourth-order valence-corrected chi connectivity index (χ4v) is 4.36. The van der Waals surface area contributed by atoms with Crippen molar-refractivity contribution in [2.24, 2.45) is 0 Å². The molecule has 2 aromatic rings. The number of hydrogen-bond donors (Lipinski definition) is 1. The molecule has 0 spiro atoms. The highest BCUT2D eigenvalue weighted by atomic mass is 32.2. The first-order chi connectivity index (χ1) is 16.2. The Kier molecular flexibility index (Phi) is 9.49. The van der Waals surface area contributed by atoms with Gasteiger partial charge in [-0.3, -0.25) is 10.0 Å². The van der Waals surface area contributed by atoms with Gasteiger partial charge in [0.1, 0.15) is 17.2 Å². The standard InChI is InChI=1S/C22H26F3NO8S/c1-21(2,31-3)32-13-12-16(26(28)15-27)14-35(29,30)20-10-8-18(9-11-20)33-17-4-6-19(7-5-17)34-22(23,24)25/h4-11,15-16,28H,12-14H2,1-3H3. The van der Waals surface area contributed by atoms with Gasteiger partial charge in [-0.25, -0.2) is 13.5 Å². The van der Waals surface area contributed by atoms with Crippen molar-refractivity contribution >= 4 is 16.2 Å². The van der Waals surface area contributed by atoms with Gasteiger partial charge in [-0.05, 0) is 68.8 Å². The monoisotopic (exact) mass is 521 g/mol. The Morgan fingerprint density at radius 3 is 2.00 bits per heavy atom. The zero-order valence-electron chi connectivity index (χ0n) is 19.2. The van der Waals surface area contributed by atoms with Gasteiger partial charge in [-0.15, -0.1) is 13.2 Å². The molecule has 0 saturated heterocycles. The van der Waals surface area contributed by atoms with E-state index in [0.29, 0.717) is 0 Å². The third-order valence-corrected chi connectivity index (χ3v) is 6.58. The Morgan fingerprint density at radius 2 is 1.51 bits per heavy atom. The van der Waals surface area contributed by atoms with E-state index in [2.05, 4.69) is 4.74 Å². The van der Waals surface area contributed by atoms with Crippen LogP contribution in [0.15, 0.2) is 53.4 Å². The van der Waals surface area contributed by atoms with E-state index < -0.39 is 39.5 Å². The fraction of sp³-hybridized carbons (Fsp3) is 0.409. The smallest absolute Gasteiger partial charge is 0.457 e. The third kappa shape index (κ3) is 9.36. The van der Waals surface area contributed by atoms with Crippen molar-refractivity contribution < 1.29 is 50.5 Å². The van der Waals surface area contributed by atoms with Gasteiger partial charge in [0.05, 0.1) is 23.3 Å². The van der Waals surface area contributed by atoms with Crippen molar-refractivity contribution in [1.82, 2.24) is 5.06 Å². The van der Waals surface area contributed by atoms with Crippen LogP contribution >= 0.6 is 0 Å². The van der Waals surface area contributed by atoms with E-state index in [1.807, 2.05) is 0 Å². The van der Waals surface area contributed by atoms with Gasteiger partial charge < -0.3 is 18.9 Å². The lowest BCUT2D eigenvalue weighted by Gasteiger charge is -2.26. The molecule has 0 aliphatic carbocycles. The van der Waals surface area contributed by atoms with Gasteiger partial charge in [-0.2, -0.15) is 0 Å². The number of carbonyl (C=O) groups excluding carboxylic acids is 1. The van der Waals surface area contributed by atoms with Gasteiger partial charge in [0.15, 0.2) is 15.6 Å². The van der Waals surface area contributed by atoms with E-state index in [0.717, 1.165) is 12.1 Å². The number of benzene rings is 2. The maximum absolute atomic E-state index is 12.8. The molecule has 0 aromatic heterocycles. The molecule has 1 amide bonds. The number of halogens is 3. The number of hydrogen-bond acceptors (Lipinski definition) is 8. The van der Waals surface area contributed by atoms with Crippen LogP contribution in [-0.2, 0) is 24.1 Å². The summed E-state index contributed by atoms with van der Waals surface area (Å²) in [4.78, 5) is 10.9. The minimum Gasteiger partial charge on any atom is -0.457 e. The molecule has 0 heterocycles. The molecule has 0 aliphatic rings. The molecule has 0 aliphatic heterocycles. The fourth-order valence-electron chi connectivity index (χ4n) is 2.79. The molecule has 0 fully saturated rings. The Morgan fingerprint density at radius 1 is 1.00 bits per heavy atom. The summed E-state index contributed by atoms with van der Waals surface area (Å²) >= 11 is 0. The summed E-state index contributed by atoms with van der Waals surface area (Å²) in [5.41, 5.74) is 0. The molecule has 2 rings (SSSR count). The number of carbonyl (C=O) groups is 1. The normalized spacial score (nSPS) is 13.2. The second-order valence-electron chi connectivity index (χ2n) is 7.75. The second-order valence-corrected chi connectivity index (χ2v) is 9.79. The summed E-state index contributed by atoms with van der Waals surface area (Å²) in [5.74, 6) is -1.47. The number of methoxy groups -OCH3 is 1. The van der Waals surface area contributed by atoms with E-state index in [4.69, 9.17) is 14.2 Å². The largest absolute Gasteiger partial charge is 0.573 e. The van der Waals surface area contributed by atoms with Crippen LogP contribution in [0.2, 0.25) is 0 Å². The number of ether oxygens (including phenoxy) is 4. The molecule has 1 unspecified atom stereocenters. The summed E-state index contributed by atoms with van der Waals surface area (Å²) in [5, 5.41) is 10.1. The number of rotatable bonds is 13. The molecule has 1 N–H and O–H groups in total. The van der Waals surface area contributed by atoms with E-state index in [1.54, 1.807) is 13.8 Å². The van der Waals surface area contributed by atoms with Crippen molar-refractivity contribution in [3.05, 3.63) is 48.5 Å². The lowest BCUT2D eigenvalue weighted by Crippen LogP contribution is -2.39. The topological polar surface area (TPSA) is 112 Å². The SMILES string of the molecule is COC(C)(C)OCCC(CS(=O)(=O)c1ccc(Oc2ccc(OC(F)(F)F)cc2)cc1)N(O)C=O. The van der Waals surface area contributed by atoms with Crippen LogP contribution in [-0.4, -0.2) is 62.8 Å². The minimum absolute atomic E-state index is 0.0194. The highest BCUT2D eigenvalue weighted by Crippen LogP contribution is 2.28. The average molecular weight is 522 g/mol. The molecule has 1 atom stereocenters. The highest BCUT2D eigenvalue weighted by Gasteiger charge is 2.31. The molecule has 0 saturated carbocycles. The van der Waals surface area contributed by atoms with Crippen molar-refractivity contribution in [3.63, 3.8) is 0 Å². The van der Waals surface area contributed by atoms with Crippen LogP contribution in [0.5, 0.6) is 17.2 Å². The average Bonchev–Trinajstić information content (AvgIpc) is 2.78. The number of alkyl halides is 3. The van der Waals surface area contributed by atoms with Crippen molar-refractivity contribution in [1.29, 1.82) is 0 Å². The first-order valence-electron chi connectivity index (χ1n) is 10.2. The Bertz CT molecular complexity index is 1060. The van der Waals surface area contributed by atoms with Gasteiger partial charge in [0.2, 0.25) is 6.41 Å². The molecule has 0 radical (unpaired) electrons. The number of amides is 1. The third-order valence-electron chi connectivity index (χ3n) is 4.76. The van der Waals surface area contributed by atoms with Crippen molar-refractivity contribution in [3.8, 4) is 17.2 Å². The summed E-state index contributed by atoms with van der Waals surface area (Å²) in [6, 6.07) is 8.88. The minimum atomic E-state index is -4.81. The summed E-state index contributed by atoms with van der Waals surface area (Å²) < 4.78 is 82.3. The summed E-state index contributed by atoms with van der Waals surface area (Å²) in [7, 11) is -2.48. The zero-order valence-corrected chi connectivity index (χ0v) is 20.0. The maximum Gasteiger partial charge on any atom is 0.573 e. The molecular formula is C22H26F3NO8S. The van der Waals surface area contributed by atoms with Crippen LogP contribution in [0.1, 0.15) is 20.3 Å². The van der Waals surface area contributed by atoms with E-state index in [1.165, 1.54) is 43.5 Å². The Labute approximate surface area is 200 Å². The lowest BCUT2D eigenvalue weighted by molar-refractivity contribution is -0.274. The molecule has 2 aromatic carbocycles. The second kappa shape index (κ2) is 11.7.